The van der Waals surface area contributed by atoms with Crippen molar-refractivity contribution in [3.63, 3.8) is 0 Å². The normalized spacial score (nSPS) is 17.0. The number of nitrogens with one attached hydrogen (secondary N) is 1. The molecule has 0 aliphatic carbocycles. The van der Waals surface area contributed by atoms with Gasteiger partial charge in [-0.25, -0.2) is 0 Å². The van der Waals surface area contributed by atoms with Crippen LogP contribution in [-0.4, -0.2) is 22.8 Å². The number of benzene rings is 2. The predicted octanol–water partition coefficient (Wildman–Crippen LogP) is 4.64. The van der Waals surface area contributed by atoms with Gasteiger partial charge in [-0.3, -0.25) is 4.79 Å². The molecule has 27 heavy (non-hydrogen) atoms. The van der Waals surface area contributed by atoms with Crippen LogP contribution in [0.2, 0.25) is 5.02 Å². The molecule has 0 fully saturated rings. The highest BCUT2D eigenvalue weighted by atomic mass is 35.5. The summed E-state index contributed by atoms with van der Waals surface area (Å²) in [6.07, 6.45) is 0. The minimum atomic E-state index is -0.287. The predicted molar refractivity (Wildman–Crippen MR) is 112 cm³/mol. The highest BCUT2D eigenvalue weighted by molar-refractivity contribution is 7.80. The topological polar surface area (TPSA) is 41.6 Å². The number of carbonyl (C=O) groups is 1. The van der Waals surface area contributed by atoms with Gasteiger partial charge in [0, 0.05) is 23.3 Å². The Balaban J connectivity index is 1.84. The molecular weight excluding hydrogens is 380 g/mol. The number of rotatable bonds is 5. The monoisotopic (exact) mass is 400 g/mol. The molecule has 1 unspecified atom stereocenters. The van der Waals surface area contributed by atoms with Gasteiger partial charge in [0.25, 0.3) is 0 Å². The SMILES string of the molecule is CC(=O)C1=C(C)N(C)C(=S)NC1c1cccc(OCc2ccc(Cl)cc2)c1. The molecule has 0 spiro atoms. The molecule has 1 aliphatic rings. The van der Waals surface area contributed by atoms with Crippen molar-refractivity contribution < 1.29 is 9.53 Å². The molecule has 0 aromatic heterocycles. The van der Waals surface area contributed by atoms with Crippen molar-refractivity contribution in [2.24, 2.45) is 0 Å². The van der Waals surface area contributed by atoms with Crippen LogP contribution in [0.4, 0.5) is 0 Å². The van der Waals surface area contributed by atoms with Gasteiger partial charge < -0.3 is 15.0 Å². The standard InChI is InChI=1S/C21H21ClN2O2S/c1-13-19(14(2)25)20(23-21(27)24(13)3)16-5-4-6-18(11-16)26-12-15-7-9-17(22)10-8-15/h4-11,20H,12H2,1-3H3,(H,23,27). The third kappa shape index (κ3) is 4.31. The molecular formula is C21H21ClN2O2S. The zero-order valence-corrected chi connectivity index (χ0v) is 17.0. The summed E-state index contributed by atoms with van der Waals surface area (Å²) in [6.45, 7) is 3.93. The Morgan fingerprint density at radius 3 is 2.63 bits per heavy atom. The average molecular weight is 401 g/mol. The number of hydrogen-bond donors (Lipinski definition) is 1. The molecule has 1 aliphatic heterocycles. The minimum absolute atomic E-state index is 0.0202. The highest BCUT2D eigenvalue weighted by Gasteiger charge is 2.30. The maximum Gasteiger partial charge on any atom is 0.173 e. The van der Waals surface area contributed by atoms with Crippen LogP contribution in [0.5, 0.6) is 5.75 Å². The number of thiocarbonyl (C=S) groups is 1. The number of ether oxygens (including phenoxy) is 1. The second-order valence-electron chi connectivity index (χ2n) is 6.48. The van der Waals surface area contributed by atoms with E-state index in [9.17, 15) is 4.79 Å². The summed E-state index contributed by atoms with van der Waals surface area (Å²) < 4.78 is 5.92. The lowest BCUT2D eigenvalue weighted by molar-refractivity contribution is -0.114. The number of ketones is 1. The Labute approximate surface area is 169 Å². The Morgan fingerprint density at radius 2 is 1.96 bits per heavy atom. The largest absolute Gasteiger partial charge is 0.489 e. The van der Waals surface area contributed by atoms with E-state index in [-0.39, 0.29) is 11.8 Å². The fraction of sp³-hybridized carbons (Fsp3) is 0.238. The lowest BCUT2D eigenvalue weighted by atomic mass is 9.92. The van der Waals surface area contributed by atoms with Crippen LogP contribution in [0, 0.1) is 0 Å². The van der Waals surface area contributed by atoms with Crippen molar-refractivity contribution in [2.75, 3.05) is 7.05 Å². The average Bonchev–Trinajstić information content (AvgIpc) is 2.65. The van der Waals surface area contributed by atoms with Gasteiger partial charge >= 0.3 is 0 Å². The zero-order valence-electron chi connectivity index (χ0n) is 15.5. The van der Waals surface area contributed by atoms with E-state index >= 15 is 0 Å². The van der Waals surface area contributed by atoms with Crippen molar-refractivity contribution in [3.8, 4) is 5.75 Å². The van der Waals surface area contributed by atoms with Gasteiger partial charge in [0.2, 0.25) is 0 Å². The summed E-state index contributed by atoms with van der Waals surface area (Å²) in [5, 5.41) is 4.55. The fourth-order valence-electron chi connectivity index (χ4n) is 3.07. The van der Waals surface area contributed by atoms with E-state index in [0.29, 0.717) is 22.3 Å². The van der Waals surface area contributed by atoms with E-state index in [1.807, 2.05) is 67.4 Å². The second-order valence-corrected chi connectivity index (χ2v) is 7.31. The molecule has 140 valence electrons. The Bertz CT molecular complexity index is 909. The third-order valence-electron chi connectivity index (χ3n) is 4.64. The van der Waals surface area contributed by atoms with Crippen LogP contribution in [-0.2, 0) is 11.4 Å². The van der Waals surface area contributed by atoms with Crippen molar-refractivity contribution in [1.29, 1.82) is 0 Å². The quantitative estimate of drug-likeness (QED) is 0.740. The molecule has 0 saturated heterocycles. The number of allylic oxidation sites excluding steroid dienone is 1. The molecule has 2 aromatic rings. The Hall–Kier alpha value is -2.37. The maximum atomic E-state index is 12.3. The molecule has 6 heteroatoms. The zero-order chi connectivity index (χ0) is 19.6. The summed E-state index contributed by atoms with van der Waals surface area (Å²) in [4.78, 5) is 14.1. The van der Waals surface area contributed by atoms with Crippen LogP contribution in [0.25, 0.3) is 0 Å². The first kappa shape index (κ1) is 19.4. The Morgan fingerprint density at radius 1 is 1.26 bits per heavy atom. The van der Waals surface area contributed by atoms with Gasteiger partial charge in [-0.15, -0.1) is 0 Å². The molecule has 3 rings (SSSR count). The van der Waals surface area contributed by atoms with Gasteiger partial charge in [-0.2, -0.15) is 0 Å². The van der Waals surface area contributed by atoms with Crippen LogP contribution >= 0.6 is 23.8 Å². The molecule has 1 heterocycles. The van der Waals surface area contributed by atoms with E-state index < -0.39 is 0 Å². The number of hydrogen-bond acceptors (Lipinski definition) is 3. The number of carbonyl (C=O) groups excluding carboxylic acids is 1. The van der Waals surface area contributed by atoms with Crippen molar-refractivity contribution in [3.05, 3.63) is 76.0 Å². The molecule has 0 amide bonds. The summed E-state index contributed by atoms with van der Waals surface area (Å²) in [6, 6.07) is 15.0. The summed E-state index contributed by atoms with van der Waals surface area (Å²) in [7, 11) is 1.86. The van der Waals surface area contributed by atoms with Gasteiger partial charge in [0.15, 0.2) is 10.9 Å². The number of Topliss-reactive ketones (excluding diaryl/α,β-unsaturated/α-hetero) is 1. The molecule has 1 N–H and O–H groups in total. The first-order valence-corrected chi connectivity index (χ1v) is 9.38. The lowest BCUT2D eigenvalue weighted by Crippen LogP contribution is -2.45. The fourth-order valence-corrected chi connectivity index (χ4v) is 3.45. The van der Waals surface area contributed by atoms with Gasteiger partial charge in [-0.1, -0.05) is 35.9 Å². The van der Waals surface area contributed by atoms with E-state index in [4.69, 9.17) is 28.6 Å². The summed E-state index contributed by atoms with van der Waals surface area (Å²) in [5.41, 5.74) is 3.54. The van der Waals surface area contributed by atoms with E-state index in [1.54, 1.807) is 6.92 Å². The minimum Gasteiger partial charge on any atom is -0.489 e. The highest BCUT2D eigenvalue weighted by Crippen LogP contribution is 2.32. The van der Waals surface area contributed by atoms with E-state index in [2.05, 4.69) is 5.32 Å². The summed E-state index contributed by atoms with van der Waals surface area (Å²) in [5.74, 6) is 0.751. The van der Waals surface area contributed by atoms with Gasteiger partial charge in [0.1, 0.15) is 12.4 Å². The first-order valence-electron chi connectivity index (χ1n) is 8.60. The molecule has 0 bridgehead atoms. The smallest absolute Gasteiger partial charge is 0.173 e. The first-order chi connectivity index (χ1) is 12.9. The third-order valence-corrected chi connectivity index (χ3v) is 5.29. The van der Waals surface area contributed by atoms with Crippen LogP contribution in [0.15, 0.2) is 59.8 Å². The van der Waals surface area contributed by atoms with Crippen molar-refractivity contribution >= 4 is 34.7 Å². The molecule has 0 radical (unpaired) electrons. The number of nitrogens with zero attached hydrogens (tertiary/aromatic N) is 1. The van der Waals surface area contributed by atoms with Crippen molar-refractivity contribution in [1.82, 2.24) is 10.2 Å². The second kappa shape index (κ2) is 8.11. The van der Waals surface area contributed by atoms with Crippen LogP contribution in [0.3, 0.4) is 0 Å². The van der Waals surface area contributed by atoms with Crippen LogP contribution in [0.1, 0.15) is 31.0 Å². The molecule has 4 nitrogen and oxygen atoms in total. The Kier molecular flexibility index (Phi) is 5.82. The maximum absolute atomic E-state index is 12.3. The van der Waals surface area contributed by atoms with Gasteiger partial charge in [0.05, 0.1) is 6.04 Å². The molecule has 1 atom stereocenters. The molecule has 0 saturated carbocycles. The summed E-state index contributed by atoms with van der Waals surface area (Å²) >= 11 is 11.3. The molecule has 2 aromatic carbocycles. The van der Waals surface area contributed by atoms with E-state index in [1.165, 1.54) is 0 Å². The van der Waals surface area contributed by atoms with Crippen molar-refractivity contribution in [2.45, 2.75) is 26.5 Å². The number of halogens is 1. The van der Waals surface area contributed by atoms with E-state index in [0.717, 1.165) is 22.6 Å². The van der Waals surface area contributed by atoms with Crippen LogP contribution < -0.4 is 10.1 Å². The lowest BCUT2D eigenvalue weighted by Gasteiger charge is -2.35. The van der Waals surface area contributed by atoms with Gasteiger partial charge in [-0.05, 0) is 61.5 Å².